The van der Waals surface area contributed by atoms with Crippen molar-refractivity contribution in [2.24, 2.45) is 0 Å². The molecule has 2 aromatic rings. The van der Waals surface area contributed by atoms with Gasteiger partial charge in [-0.25, -0.2) is 4.68 Å². The Kier molecular flexibility index (Phi) is 6.58. The first kappa shape index (κ1) is 18.1. The van der Waals surface area contributed by atoms with Gasteiger partial charge in [0.05, 0.1) is 37.3 Å². The topological polar surface area (TPSA) is 59.8 Å². The van der Waals surface area contributed by atoms with Gasteiger partial charge >= 0.3 is 0 Å². The van der Waals surface area contributed by atoms with E-state index in [2.05, 4.69) is 10.00 Å². The minimum absolute atomic E-state index is 0.203. The molecule has 0 amide bonds. The van der Waals surface area contributed by atoms with Gasteiger partial charge in [0.15, 0.2) is 0 Å². The Bertz CT molecular complexity index is 626. The Labute approximate surface area is 149 Å². The fourth-order valence-corrected chi connectivity index (χ4v) is 3.06. The summed E-state index contributed by atoms with van der Waals surface area (Å²) >= 11 is 0. The van der Waals surface area contributed by atoms with Crippen LogP contribution in [-0.2, 0) is 16.0 Å². The second kappa shape index (κ2) is 9.10. The number of hydrogen-bond acceptors (Lipinski definition) is 5. The number of aliphatic hydroxyl groups excluding tert-OH is 1. The van der Waals surface area contributed by atoms with Crippen LogP contribution in [0.5, 0.6) is 0 Å². The molecule has 1 aliphatic rings. The van der Waals surface area contributed by atoms with E-state index in [0.29, 0.717) is 19.8 Å². The molecule has 1 fully saturated rings. The van der Waals surface area contributed by atoms with Gasteiger partial charge in [-0.15, -0.1) is 0 Å². The van der Waals surface area contributed by atoms with E-state index in [4.69, 9.17) is 9.47 Å². The Morgan fingerprint density at radius 1 is 1.40 bits per heavy atom. The molecule has 6 heteroatoms. The van der Waals surface area contributed by atoms with Gasteiger partial charge in [-0.05, 0) is 32.0 Å². The normalized spacial score (nSPS) is 18.8. The number of nitrogens with zero attached hydrogens (tertiary/aromatic N) is 3. The molecule has 2 atom stereocenters. The van der Waals surface area contributed by atoms with Crippen molar-refractivity contribution in [1.82, 2.24) is 14.7 Å². The van der Waals surface area contributed by atoms with E-state index in [-0.39, 0.29) is 6.10 Å². The van der Waals surface area contributed by atoms with Crippen LogP contribution in [-0.4, -0.2) is 65.4 Å². The zero-order valence-corrected chi connectivity index (χ0v) is 14.8. The lowest BCUT2D eigenvalue weighted by atomic mass is 10.2. The Hall–Kier alpha value is -1.73. The predicted molar refractivity (Wildman–Crippen MR) is 95.7 cm³/mol. The number of likely N-dealkylation sites (N-methyl/N-ethyl adjacent to an activating group) is 1. The largest absolute Gasteiger partial charge is 0.389 e. The highest BCUT2D eigenvalue weighted by Gasteiger charge is 2.16. The van der Waals surface area contributed by atoms with Crippen molar-refractivity contribution >= 4 is 0 Å². The van der Waals surface area contributed by atoms with Crippen LogP contribution in [0.2, 0.25) is 0 Å². The van der Waals surface area contributed by atoms with Crippen molar-refractivity contribution in [2.75, 3.05) is 33.4 Å². The lowest BCUT2D eigenvalue weighted by Gasteiger charge is -2.20. The van der Waals surface area contributed by atoms with Crippen molar-refractivity contribution in [3.63, 3.8) is 0 Å². The van der Waals surface area contributed by atoms with Crippen LogP contribution in [0.3, 0.4) is 0 Å². The highest BCUT2D eigenvalue weighted by Crippen LogP contribution is 2.12. The van der Waals surface area contributed by atoms with Crippen molar-refractivity contribution in [1.29, 1.82) is 0 Å². The first-order valence-corrected chi connectivity index (χ1v) is 8.85. The van der Waals surface area contributed by atoms with Gasteiger partial charge in [0.1, 0.15) is 0 Å². The van der Waals surface area contributed by atoms with E-state index >= 15 is 0 Å². The SMILES string of the molecule is CN(Cc1cnn(-c2ccccc2)c1)CC(O)COCC1CCCO1. The molecule has 1 N–H and O–H groups in total. The lowest BCUT2D eigenvalue weighted by Crippen LogP contribution is -2.32. The molecule has 1 aliphatic heterocycles. The predicted octanol–water partition coefficient (Wildman–Crippen LogP) is 1.86. The maximum atomic E-state index is 10.1. The van der Waals surface area contributed by atoms with Gasteiger partial charge in [-0.3, -0.25) is 4.90 Å². The van der Waals surface area contributed by atoms with E-state index in [0.717, 1.165) is 37.2 Å². The van der Waals surface area contributed by atoms with Crippen LogP contribution in [0.25, 0.3) is 5.69 Å². The van der Waals surface area contributed by atoms with E-state index in [9.17, 15) is 5.11 Å². The van der Waals surface area contributed by atoms with Crippen LogP contribution < -0.4 is 0 Å². The highest BCUT2D eigenvalue weighted by molar-refractivity contribution is 5.30. The minimum atomic E-state index is -0.504. The summed E-state index contributed by atoms with van der Waals surface area (Å²) in [7, 11) is 1.99. The zero-order valence-electron chi connectivity index (χ0n) is 14.8. The molecular formula is C19H27N3O3. The second-order valence-electron chi connectivity index (χ2n) is 6.65. The van der Waals surface area contributed by atoms with Gasteiger partial charge < -0.3 is 14.6 Å². The first-order chi connectivity index (χ1) is 12.2. The number of hydrogen-bond donors (Lipinski definition) is 1. The summed E-state index contributed by atoms with van der Waals surface area (Å²) in [5.74, 6) is 0. The second-order valence-corrected chi connectivity index (χ2v) is 6.65. The number of ether oxygens (including phenoxy) is 2. The molecule has 0 radical (unpaired) electrons. The molecule has 1 saturated heterocycles. The Morgan fingerprint density at radius 2 is 2.24 bits per heavy atom. The lowest BCUT2D eigenvalue weighted by molar-refractivity contribution is -0.0238. The third-order valence-corrected chi connectivity index (χ3v) is 4.27. The molecule has 0 aliphatic carbocycles. The standard InChI is InChI=1S/C19H27N3O3/c1-21(13-18(23)14-24-15-19-8-5-9-25-19)11-16-10-20-22(12-16)17-6-3-2-4-7-17/h2-4,6-7,10,12,18-19,23H,5,8-9,11,13-15H2,1H3. The summed E-state index contributed by atoms with van der Waals surface area (Å²) in [6.07, 6.45) is 5.75. The monoisotopic (exact) mass is 345 g/mol. The minimum Gasteiger partial charge on any atom is -0.389 e. The van der Waals surface area contributed by atoms with Gasteiger partial charge in [0, 0.05) is 31.5 Å². The van der Waals surface area contributed by atoms with Crippen molar-refractivity contribution in [3.05, 3.63) is 48.3 Å². The number of para-hydroxylation sites is 1. The maximum absolute atomic E-state index is 10.1. The van der Waals surface area contributed by atoms with Crippen LogP contribution in [0.4, 0.5) is 0 Å². The Balaban J connectivity index is 1.39. The maximum Gasteiger partial charge on any atom is 0.0900 e. The fraction of sp³-hybridized carbons (Fsp3) is 0.526. The molecule has 25 heavy (non-hydrogen) atoms. The van der Waals surface area contributed by atoms with Crippen LogP contribution >= 0.6 is 0 Å². The van der Waals surface area contributed by atoms with Crippen molar-refractivity contribution in [3.8, 4) is 5.69 Å². The summed E-state index contributed by atoms with van der Waals surface area (Å²) in [6.45, 7) is 3.03. The summed E-state index contributed by atoms with van der Waals surface area (Å²) in [5, 5.41) is 14.5. The quantitative estimate of drug-likeness (QED) is 0.752. The van der Waals surface area contributed by atoms with E-state index in [1.165, 1.54) is 0 Å². The van der Waals surface area contributed by atoms with Crippen molar-refractivity contribution < 1.29 is 14.6 Å². The van der Waals surface area contributed by atoms with E-state index in [1.54, 1.807) is 0 Å². The smallest absolute Gasteiger partial charge is 0.0900 e. The zero-order chi connectivity index (χ0) is 17.5. The summed E-state index contributed by atoms with van der Waals surface area (Å²) in [5.41, 5.74) is 2.15. The highest BCUT2D eigenvalue weighted by atomic mass is 16.5. The molecule has 136 valence electrons. The summed E-state index contributed by atoms with van der Waals surface area (Å²) in [6, 6.07) is 10.0. The Morgan fingerprint density at radius 3 is 3.00 bits per heavy atom. The summed E-state index contributed by atoms with van der Waals surface area (Å²) < 4.78 is 12.9. The number of aromatic nitrogens is 2. The molecular weight excluding hydrogens is 318 g/mol. The van der Waals surface area contributed by atoms with E-state index in [1.807, 2.05) is 54.5 Å². The average Bonchev–Trinajstić information content (AvgIpc) is 3.27. The first-order valence-electron chi connectivity index (χ1n) is 8.85. The third-order valence-electron chi connectivity index (χ3n) is 4.27. The molecule has 0 bridgehead atoms. The third kappa shape index (κ3) is 5.64. The van der Waals surface area contributed by atoms with Gasteiger partial charge in [0.25, 0.3) is 0 Å². The average molecular weight is 345 g/mol. The molecule has 2 unspecified atom stereocenters. The molecule has 6 nitrogen and oxygen atoms in total. The molecule has 2 heterocycles. The van der Waals surface area contributed by atoms with Gasteiger partial charge in [-0.1, -0.05) is 18.2 Å². The number of rotatable bonds is 9. The summed E-state index contributed by atoms with van der Waals surface area (Å²) in [4.78, 5) is 2.08. The number of aliphatic hydroxyl groups is 1. The molecule has 1 aromatic heterocycles. The molecule has 0 spiro atoms. The molecule has 3 rings (SSSR count). The number of benzene rings is 1. The fourth-order valence-electron chi connectivity index (χ4n) is 3.06. The van der Waals surface area contributed by atoms with Gasteiger partial charge in [0.2, 0.25) is 0 Å². The molecule has 1 aromatic carbocycles. The van der Waals surface area contributed by atoms with Crippen LogP contribution in [0.15, 0.2) is 42.7 Å². The molecule has 0 saturated carbocycles. The van der Waals surface area contributed by atoms with Crippen molar-refractivity contribution in [2.45, 2.75) is 31.6 Å². The van der Waals surface area contributed by atoms with E-state index < -0.39 is 6.10 Å². The van der Waals surface area contributed by atoms with Gasteiger partial charge in [-0.2, -0.15) is 5.10 Å². The van der Waals surface area contributed by atoms with Crippen LogP contribution in [0, 0.1) is 0 Å². The van der Waals surface area contributed by atoms with Crippen LogP contribution in [0.1, 0.15) is 18.4 Å².